The third-order valence-corrected chi connectivity index (χ3v) is 2.67. The van der Waals surface area contributed by atoms with Crippen LogP contribution in [-0.2, 0) is 0 Å². The van der Waals surface area contributed by atoms with Crippen molar-refractivity contribution in [3.63, 3.8) is 0 Å². The van der Waals surface area contributed by atoms with Gasteiger partial charge < -0.3 is 10.1 Å². The molecule has 1 N–H and O–H groups in total. The van der Waals surface area contributed by atoms with Crippen LogP contribution in [0.2, 0.25) is 5.02 Å². The molecule has 91 valence electrons. The second-order valence-electron chi connectivity index (χ2n) is 3.60. The Balaban J connectivity index is 2.15. The fourth-order valence-corrected chi connectivity index (χ4v) is 1.74. The van der Waals surface area contributed by atoms with Crippen LogP contribution >= 0.6 is 11.6 Å². The Hall–Kier alpha value is -2.00. The van der Waals surface area contributed by atoms with Crippen LogP contribution in [-0.4, -0.2) is 13.0 Å². The van der Waals surface area contributed by atoms with E-state index in [9.17, 15) is 4.79 Å². The molecule has 2 aromatic rings. The second kappa shape index (κ2) is 5.56. The average Bonchev–Trinajstić information content (AvgIpc) is 2.40. The fraction of sp³-hybridized carbons (Fsp3) is 0.0714. The number of rotatable bonds is 3. The molecular weight excluding hydrogens is 250 g/mol. The molecule has 0 aliphatic heterocycles. The van der Waals surface area contributed by atoms with Crippen molar-refractivity contribution in [3.8, 4) is 5.75 Å². The maximum atomic E-state index is 11.9. The van der Waals surface area contributed by atoms with Crippen molar-refractivity contribution >= 4 is 23.2 Å². The first-order valence-corrected chi connectivity index (χ1v) is 5.69. The van der Waals surface area contributed by atoms with Gasteiger partial charge in [-0.25, -0.2) is 0 Å². The number of benzene rings is 2. The molecule has 0 saturated carbocycles. The number of amides is 1. The lowest BCUT2D eigenvalue weighted by Gasteiger charge is -2.07. The lowest BCUT2D eigenvalue weighted by atomic mass is 10.2. The Labute approximate surface area is 110 Å². The van der Waals surface area contributed by atoms with Crippen LogP contribution < -0.4 is 10.1 Å². The molecule has 0 aliphatic rings. The molecule has 0 atom stereocenters. The topological polar surface area (TPSA) is 38.3 Å². The predicted molar refractivity (Wildman–Crippen MR) is 71.2 cm³/mol. The van der Waals surface area contributed by atoms with E-state index in [0.29, 0.717) is 22.0 Å². The summed E-state index contributed by atoms with van der Waals surface area (Å²) in [5.41, 5.74) is 1.17. The van der Waals surface area contributed by atoms with Crippen LogP contribution in [0.15, 0.2) is 42.5 Å². The van der Waals surface area contributed by atoms with E-state index in [1.807, 2.05) is 0 Å². The van der Waals surface area contributed by atoms with Crippen molar-refractivity contribution in [1.29, 1.82) is 0 Å². The molecule has 0 saturated heterocycles. The minimum absolute atomic E-state index is 0.201. The molecule has 1 radical (unpaired) electrons. The molecule has 0 aliphatic carbocycles. The van der Waals surface area contributed by atoms with Gasteiger partial charge in [-0.1, -0.05) is 23.7 Å². The van der Waals surface area contributed by atoms with Gasteiger partial charge in [-0.2, -0.15) is 0 Å². The molecule has 0 aromatic heterocycles. The highest BCUT2D eigenvalue weighted by Crippen LogP contribution is 2.27. The molecule has 1 amide bonds. The highest BCUT2D eigenvalue weighted by Gasteiger charge is 2.07. The Bertz CT molecular complexity index is 555. The summed E-state index contributed by atoms with van der Waals surface area (Å²) in [6.45, 7) is 0. The number of methoxy groups -OCH3 is 1. The van der Waals surface area contributed by atoms with Crippen LogP contribution in [0.3, 0.4) is 0 Å². The van der Waals surface area contributed by atoms with E-state index >= 15 is 0 Å². The molecule has 0 unspecified atom stereocenters. The van der Waals surface area contributed by atoms with Gasteiger partial charge >= 0.3 is 0 Å². The van der Waals surface area contributed by atoms with Crippen molar-refractivity contribution in [2.24, 2.45) is 0 Å². The van der Waals surface area contributed by atoms with Gasteiger partial charge in [0.25, 0.3) is 5.91 Å². The number of ether oxygens (including phenoxy) is 1. The fourth-order valence-electron chi connectivity index (χ4n) is 1.48. The zero-order chi connectivity index (χ0) is 13.0. The first-order chi connectivity index (χ1) is 8.70. The third kappa shape index (κ3) is 2.81. The van der Waals surface area contributed by atoms with Crippen molar-refractivity contribution in [2.45, 2.75) is 0 Å². The molecule has 0 heterocycles. The zero-order valence-corrected chi connectivity index (χ0v) is 10.5. The average molecular weight is 261 g/mol. The lowest BCUT2D eigenvalue weighted by Crippen LogP contribution is -2.11. The van der Waals surface area contributed by atoms with Gasteiger partial charge in [-0.05, 0) is 36.4 Å². The van der Waals surface area contributed by atoms with Crippen LogP contribution in [0.25, 0.3) is 0 Å². The number of carbonyl (C=O) groups excluding carboxylic acids is 1. The van der Waals surface area contributed by atoms with Gasteiger partial charge in [0, 0.05) is 11.3 Å². The molecular formula is C14H11ClNO2. The van der Waals surface area contributed by atoms with Gasteiger partial charge in [-0.15, -0.1) is 0 Å². The van der Waals surface area contributed by atoms with Crippen LogP contribution in [0.5, 0.6) is 5.75 Å². The summed E-state index contributed by atoms with van der Waals surface area (Å²) >= 11 is 5.98. The van der Waals surface area contributed by atoms with E-state index in [2.05, 4.69) is 11.4 Å². The quantitative estimate of drug-likeness (QED) is 0.919. The van der Waals surface area contributed by atoms with Gasteiger partial charge in [0.2, 0.25) is 0 Å². The Morgan fingerprint density at radius 3 is 2.83 bits per heavy atom. The van der Waals surface area contributed by atoms with Crippen molar-refractivity contribution in [2.75, 3.05) is 12.4 Å². The summed E-state index contributed by atoms with van der Waals surface area (Å²) in [7, 11) is 1.54. The third-order valence-electron chi connectivity index (χ3n) is 2.38. The molecule has 0 bridgehead atoms. The van der Waals surface area contributed by atoms with E-state index in [1.54, 1.807) is 49.6 Å². The zero-order valence-electron chi connectivity index (χ0n) is 9.74. The summed E-state index contributed by atoms with van der Waals surface area (Å²) in [4.78, 5) is 11.9. The summed E-state index contributed by atoms with van der Waals surface area (Å²) in [6.07, 6.45) is 0. The molecule has 0 fully saturated rings. The summed E-state index contributed by atoms with van der Waals surface area (Å²) in [5.74, 6) is 0.371. The second-order valence-corrected chi connectivity index (χ2v) is 4.00. The van der Waals surface area contributed by atoms with Gasteiger partial charge in [0.05, 0.1) is 12.1 Å². The molecule has 18 heavy (non-hydrogen) atoms. The monoisotopic (exact) mass is 260 g/mol. The standard InChI is InChI=1S/C14H11ClNO2/c1-18-13-8-7-11(9-12(13)15)16-14(17)10-5-3-2-4-6-10/h2-3,5-9H,1H3,(H,16,17). The SMILES string of the molecule is COc1ccc(NC(=O)c2c[c]ccc2)cc1Cl. The minimum Gasteiger partial charge on any atom is -0.495 e. The Morgan fingerprint density at radius 2 is 2.22 bits per heavy atom. The summed E-state index contributed by atoms with van der Waals surface area (Å²) in [5, 5.41) is 3.21. The van der Waals surface area contributed by atoms with E-state index in [-0.39, 0.29) is 5.91 Å². The lowest BCUT2D eigenvalue weighted by molar-refractivity contribution is 0.102. The molecule has 4 heteroatoms. The maximum Gasteiger partial charge on any atom is 0.255 e. The van der Waals surface area contributed by atoms with Gasteiger partial charge in [0.15, 0.2) is 0 Å². The first kappa shape index (κ1) is 12.5. The summed E-state index contributed by atoms with van der Waals surface area (Å²) < 4.78 is 5.04. The number of hydrogen-bond donors (Lipinski definition) is 1. The Morgan fingerprint density at radius 1 is 1.39 bits per heavy atom. The molecule has 2 aromatic carbocycles. The van der Waals surface area contributed by atoms with E-state index < -0.39 is 0 Å². The normalized spacial score (nSPS) is 9.89. The van der Waals surface area contributed by atoms with Crippen molar-refractivity contribution in [1.82, 2.24) is 0 Å². The van der Waals surface area contributed by atoms with Gasteiger partial charge in [-0.3, -0.25) is 4.79 Å². The van der Waals surface area contributed by atoms with Crippen LogP contribution in [0.4, 0.5) is 5.69 Å². The number of carbonyl (C=O) groups is 1. The van der Waals surface area contributed by atoms with Crippen LogP contribution in [0.1, 0.15) is 10.4 Å². The molecule has 3 nitrogen and oxygen atoms in total. The van der Waals surface area contributed by atoms with Crippen molar-refractivity contribution < 1.29 is 9.53 Å². The predicted octanol–water partition coefficient (Wildman–Crippen LogP) is 3.40. The Kier molecular flexibility index (Phi) is 3.85. The molecule has 2 rings (SSSR count). The van der Waals surface area contributed by atoms with E-state index in [1.165, 1.54) is 0 Å². The number of halogens is 1. The van der Waals surface area contributed by atoms with Gasteiger partial charge in [0.1, 0.15) is 5.75 Å². The van der Waals surface area contributed by atoms with Crippen molar-refractivity contribution in [3.05, 3.63) is 59.1 Å². The smallest absolute Gasteiger partial charge is 0.255 e. The number of hydrogen-bond acceptors (Lipinski definition) is 2. The highest BCUT2D eigenvalue weighted by molar-refractivity contribution is 6.32. The van der Waals surface area contributed by atoms with E-state index in [4.69, 9.17) is 16.3 Å². The minimum atomic E-state index is -0.201. The summed E-state index contributed by atoms with van der Waals surface area (Å²) in [6, 6.07) is 14.8. The molecule has 0 spiro atoms. The first-order valence-electron chi connectivity index (χ1n) is 5.31. The number of anilines is 1. The maximum absolute atomic E-state index is 11.9. The highest BCUT2D eigenvalue weighted by atomic mass is 35.5. The largest absolute Gasteiger partial charge is 0.495 e. The van der Waals surface area contributed by atoms with E-state index in [0.717, 1.165) is 0 Å². The van der Waals surface area contributed by atoms with Crippen LogP contribution in [0, 0.1) is 6.07 Å². The number of nitrogens with one attached hydrogen (secondary N) is 1.